The second-order valence-electron chi connectivity index (χ2n) is 9.85. The summed E-state index contributed by atoms with van der Waals surface area (Å²) in [5, 5.41) is 4.88. The van der Waals surface area contributed by atoms with E-state index in [1.165, 1.54) is 6.42 Å². The van der Waals surface area contributed by atoms with Crippen LogP contribution in [0.3, 0.4) is 0 Å². The van der Waals surface area contributed by atoms with E-state index >= 15 is 0 Å². The van der Waals surface area contributed by atoms with Crippen LogP contribution in [0.2, 0.25) is 0 Å². The van der Waals surface area contributed by atoms with E-state index < -0.39 is 0 Å². The molecule has 4 heterocycles. The molecule has 0 N–H and O–H groups in total. The highest BCUT2D eigenvalue weighted by Crippen LogP contribution is 2.33. The van der Waals surface area contributed by atoms with Gasteiger partial charge in [0, 0.05) is 43.0 Å². The summed E-state index contributed by atoms with van der Waals surface area (Å²) in [4.78, 5) is 22.9. The Kier molecular flexibility index (Phi) is 5.39. The molecule has 2 saturated heterocycles. The summed E-state index contributed by atoms with van der Waals surface area (Å²) in [6.07, 6.45) is 6.39. The fourth-order valence-electron chi connectivity index (χ4n) is 5.38. The second-order valence-corrected chi connectivity index (χ2v) is 9.85. The van der Waals surface area contributed by atoms with Gasteiger partial charge in [0.2, 0.25) is 0 Å². The summed E-state index contributed by atoms with van der Waals surface area (Å²) >= 11 is 0. The summed E-state index contributed by atoms with van der Waals surface area (Å²) in [5.41, 5.74) is 5.98. The van der Waals surface area contributed by atoms with Crippen LogP contribution in [0.25, 0.3) is 5.65 Å². The minimum Gasteiger partial charge on any atom is -0.356 e. The van der Waals surface area contributed by atoms with E-state index in [1.807, 2.05) is 35.4 Å². The van der Waals surface area contributed by atoms with Crippen molar-refractivity contribution in [1.82, 2.24) is 19.5 Å². The standard InChI is InChI=1S/C26H33N5O/c1-17-8-10-29(15-17)25-20(4)16-31-24(27-25)14-22(28-31)23-7-5-6-9-30(23)26(32)21-12-18(2)11-19(3)13-21/h11-14,16-17,23H,5-10,15H2,1-4H3/t17-,23-/m0/s1. The zero-order valence-electron chi connectivity index (χ0n) is 19.6. The molecule has 0 spiro atoms. The van der Waals surface area contributed by atoms with Crippen molar-refractivity contribution in [2.75, 3.05) is 24.5 Å². The lowest BCUT2D eigenvalue weighted by molar-refractivity contribution is 0.0605. The van der Waals surface area contributed by atoms with Crippen molar-refractivity contribution in [1.29, 1.82) is 0 Å². The Balaban J connectivity index is 1.47. The van der Waals surface area contributed by atoms with Crippen molar-refractivity contribution in [3.05, 3.63) is 58.4 Å². The van der Waals surface area contributed by atoms with Gasteiger partial charge >= 0.3 is 0 Å². The van der Waals surface area contributed by atoms with Gasteiger partial charge in [-0.15, -0.1) is 0 Å². The molecule has 0 bridgehead atoms. The molecular weight excluding hydrogens is 398 g/mol. The molecule has 0 saturated carbocycles. The van der Waals surface area contributed by atoms with Crippen LogP contribution in [0.1, 0.15) is 71.4 Å². The third-order valence-electron chi connectivity index (χ3n) is 6.92. The summed E-state index contributed by atoms with van der Waals surface area (Å²) < 4.78 is 1.89. The molecule has 168 valence electrons. The molecule has 6 nitrogen and oxygen atoms in total. The summed E-state index contributed by atoms with van der Waals surface area (Å²) in [7, 11) is 0. The molecule has 2 aliphatic heterocycles. The highest BCUT2D eigenvalue weighted by molar-refractivity contribution is 5.95. The van der Waals surface area contributed by atoms with Crippen LogP contribution in [-0.4, -0.2) is 45.0 Å². The monoisotopic (exact) mass is 431 g/mol. The molecule has 3 aromatic rings. The first-order valence-corrected chi connectivity index (χ1v) is 11.9. The maximum atomic E-state index is 13.5. The highest BCUT2D eigenvalue weighted by atomic mass is 16.2. The maximum Gasteiger partial charge on any atom is 0.254 e. The number of nitrogens with zero attached hydrogens (tertiary/aromatic N) is 5. The molecule has 2 aliphatic rings. The van der Waals surface area contributed by atoms with E-state index in [4.69, 9.17) is 10.1 Å². The van der Waals surface area contributed by atoms with Crippen molar-refractivity contribution >= 4 is 17.4 Å². The average molecular weight is 432 g/mol. The third kappa shape index (κ3) is 3.87. The SMILES string of the molecule is Cc1cc(C)cc(C(=O)N2CCCC[C@H]2c2cc3nc(N4CC[C@H](C)C4)c(C)cn3n2)c1. The number of amides is 1. The topological polar surface area (TPSA) is 53.7 Å². The van der Waals surface area contributed by atoms with Crippen LogP contribution < -0.4 is 4.90 Å². The Hall–Kier alpha value is -2.89. The number of fused-ring (bicyclic) bond motifs is 1. The Morgan fingerprint density at radius 3 is 2.50 bits per heavy atom. The van der Waals surface area contributed by atoms with Gasteiger partial charge in [-0.05, 0) is 64.5 Å². The van der Waals surface area contributed by atoms with Crippen LogP contribution in [0.4, 0.5) is 5.82 Å². The first kappa shape index (κ1) is 21.0. The summed E-state index contributed by atoms with van der Waals surface area (Å²) in [6, 6.07) is 8.19. The lowest BCUT2D eigenvalue weighted by atomic mass is 9.97. The first-order valence-electron chi connectivity index (χ1n) is 11.9. The van der Waals surface area contributed by atoms with Crippen LogP contribution in [0.15, 0.2) is 30.5 Å². The van der Waals surface area contributed by atoms with Gasteiger partial charge in [-0.2, -0.15) is 5.10 Å². The van der Waals surface area contributed by atoms with Crippen molar-refractivity contribution in [3.63, 3.8) is 0 Å². The van der Waals surface area contributed by atoms with Crippen molar-refractivity contribution < 1.29 is 4.79 Å². The number of hydrogen-bond acceptors (Lipinski definition) is 4. The predicted octanol–water partition coefficient (Wildman–Crippen LogP) is 4.87. The molecule has 5 rings (SSSR count). The average Bonchev–Trinajstić information content (AvgIpc) is 3.37. The summed E-state index contributed by atoms with van der Waals surface area (Å²) in [5.74, 6) is 1.88. The number of anilines is 1. The van der Waals surface area contributed by atoms with E-state index in [1.54, 1.807) is 0 Å². The molecule has 2 aromatic heterocycles. The molecular formula is C26H33N5O. The Bertz CT molecular complexity index is 1150. The number of aromatic nitrogens is 3. The number of aryl methyl sites for hydroxylation is 3. The summed E-state index contributed by atoms with van der Waals surface area (Å²) in [6.45, 7) is 11.4. The molecule has 0 unspecified atom stereocenters. The minimum absolute atomic E-state index is 0.00525. The van der Waals surface area contributed by atoms with E-state index in [0.29, 0.717) is 5.92 Å². The first-order chi connectivity index (χ1) is 15.4. The lowest BCUT2D eigenvalue weighted by Crippen LogP contribution is -2.38. The van der Waals surface area contributed by atoms with Crippen LogP contribution in [0.5, 0.6) is 0 Å². The lowest BCUT2D eigenvalue weighted by Gasteiger charge is -2.35. The molecule has 2 atom stereocenters. The largest absolute Gasteiger partial charge is 0.356 e. The van der Waals surface area contributed by atoms with Gasteiger partial charge in [0.05, 0.1) is 11.7 Å². The normalized spacial score (nSPS) is 21.5. The highest BCUT2D eigenvalue weighted by Gasteiger charge is 2.31. The quantitative estimate of drug-likeness (QED) is 0.594. The van der Waals surface area contributed by atoms with E-state index in [-0.39, 0.29) is 11.9 Å². The molecule has 32 heavy (non-hydrogen) atoms. The van der Waals surface area contributed by atoms with Gasteiger partial charge in [-0.1, -0.05) is 24.1 Å². The molecule has 1 aromatic carbocycles. The van der Waals surface area contributed by atoms with Crippen LogP contribution >= 0.6 is 0 Å². The Morgan fingerprint density at radius 2 is 1.78 bits per heavy atom. The number of likely N-dealkylation sites (tertiary alicyclic amines) is 1. The number of carbonyl (C=O) groups is 1. The van der Waals surface area contributed by atoms with Gasteiger partial charge < -0.3 is 9.80 Å². The minimum atomic E-state index is -0.00525. The number of benzene rings is 1. The zero-order chi connectivity index (χ0) is 22.4. The third-order valence-corrected chi connectivity index (χ3v) is 6.92. The van der Waals surface area contributed by atoms with Gasteiger partial charge in [-0.25, -0.2) is 9.50 Å². The zero-order valence-corrected chi connectivity index (χ0v) is 19.6. The maximum absolute atomic E-state index is 13.5. The van der Waals surface area contributed by atoms with Crippen molar-refractivity contribution in [3.8, 4) is 0 Å². The second kappa shape index (κ2) is 8.23. The number of carbonyl (C=O) groups excluding carboxylic acids is 1. The van der Waals surface area contributed by atoms with Gasteiger partial charge in [0.15, 0.2) is 5.65 Å². The molecule has 0 radical (unpaired) electrons. The van der Waals surface area contributed by atoms with Crippen LogP contribution in [0, 0.1) is 26.7 Å². The Morgan fingerprint density at radius 1 is 1.00 bits per heavy atom. The molecule has 1 amide bonds. The van der Waals surface area contributed by atoms with E-state index in [2.05, 4.69) is 37.1 Å². The fourth-order valence-corrected chi connectivity index (χ4v) is 5.38. The van der Waals surface area contributed by atoms with Crippen LogP contribution in [-0.2, 0) is 0 Å². The Labute approximate surface area is 190 Å². The van der Waals surface area contributed by atoms with Crippen molar-refractivity contribution in [2.45, 2.75) is 59.4 Å². The number of hydrogen-bond donors (Lipinski definition) is 0. The molecule has 0 aliphatic carbocycles. The number of rotatable bonds is 3. The smallest absolute Gasteiger partial charge is 0.254 e. The van der Waals surface area contributed by atoms with E-state index in [9.17, 15) is 4.79 Å². The molecule has 6 heteroatoms. The van der Waals surface area contributed by atoms with Gasteiger partial charge in [0.1, 0.15) is 5.82 Å². The van der Waals surface area contributed by atoms with Gasteiger partial charge in [-0.3, -0.25) is 4.79 Å². The van der Waals surface area contributed by atoms with Gasteiger partial charge in [0.25, 0.3) is 5.91 Å². The van der Waals surface area contributed by atoms with Crippen molar-refractivity contribution in [2.24, 2.45) is 5.92 Å². The predicted molar refractivity (Wildman–Crippen MR) is 127 cm³/mol. The van der Waals surface area contributed by atoms with E-state index in [0.717, 1.165) is 78.3 Å². The number of piperidine rings is 1. The fraction of sp³-hybridized carbons (Fsp3) is 0.500. The molecule has 2 fully saturated rings.